The van der Waals surface area contributed by atoms with Gasteiger partial charge in [-0.25, -0.2) is 4.39 Å². The predicted molar refractivity (Wildman–Crippen MR) is 68.3 cm³/mol. The molecule has 1 aliphatic rings. The van der Waals surface area contributed by atoms with Crippen LogP contribution in [0.1, 0.15) is 44.2 Å². The fourth-order valence-corrected chi connectivity index (χ4v) is 2.48. The van der Waals surface area contributed by atoms with E-state index >= 15 is 0 Å². The van der Waals surface area contributed by atoms with Gasteiger partial charge in [0.1, 0.15) is 5.82 Å². The molecule has 1 saturated carbocycles. The molecule has 0 saturated heterocycles. The van der Waals surface area contributed by atoms with Gasteiger partial charge in [0.25, 0.3) is 0 Å². The minimum absolute atomic E-state index is 0.171. The van der Waals surface area contributed by atoms with Crippen molar-refractivity contribution in [2.75, 3.05) is 0 Å². The lowest BCUT2D eigenvalue weighted by Crippen LogP contribution is -2.52. The smallest absolute Gasteiger partial charge is 0.240 e. The minimum Gasteiger partial charge on any atom is -0.348 e. The van der Waals surface area contributed by atoms with Gasteiger partial charge in [0.2, 0.25) is 5.91 Å². The molecule has 3 N–H and O–H groups in total. The Hall–Kier alpha value is -1.42. The average Bonchev–Trinajstić information content (AvgIpc) is 2.78. The molecule has 0 radical (unpaired) electrons. The van der Waals surface area contributed by atoms with Crippen LogP contribution in [0.5, 0.6) is 0 Å². The Balaban J connectivity index is 2.06. The Morgan fingerprint density at radius 1 is 1.39 bits per heavy atom. The van der Waals surface area contributed by atoms with Crippen molar-refractivity contribution in [2.45, 2.75) is 44.2 Å². The summed E-state index contributed by atoms with van der Waals surface area (Å²) < 4.78 is 13.6. The van der Waals surface area contributed by atoms with Gasteiger partial charge in [-0.05, 0) is 25.8 Å². The lowest BCUT2D eigenvalue weighted by molar-refractivity contribution is -0.126. The second-order valence-electron chi connectivity index (χ2n) is 5.08. The fraction of sp³-hybridized carbons (Fsp3) is 0.500. The molecule has 1 atom stereocenters. The zero-order chi connectivity index (χ0) is 13.2. The van der Waals surface area contributed by atoms with Gasteiger partial charge in [0, 0.05) is 5.56 Å². The molecule has 98 valence electrons. The number of amides is 1. The van der Waals surface area contributed by atoms with Crippen LogP contribution in [0.15, 0.2) is 24.3 Å². The fourth-order valence-electron chi connectivity index (χ4n) is 2.48. The van der Waals surface area contributed by atoms with E-state index < -0.39 is 5.54 Å². The van der Waals surface area contributed by atoms with Crippen molar-refractivity contribution in [1.29, 1.82) is 0 Å². The van der Waals surface area contributed by atoms with Crippen molar-refractivity contribution in [1.82, 2.24) is 5.32 Å². The molecule has 4 heteroatoms. The molecule has 18 heavy (non-hydrogen) atoms. The first kappa shape index (κ1) is 13.0. The summed E-state index contributed by atoms with van der Waals surface area (Å²) in [5.41, 5.74) is 5.79. The number of halogens is 1. The van der Waals surface area contributed by atoms with Gasteiger partial charge in [0.15, 0.2) is 0 Å². The van der Waals surface area contributed by atoms with Crippen molar-refractivity contribution in [3.8, 4) is 0 Å². The van der Waals surface area contributed by atoms with Gasteiger partial charge in [-0.1, -0.05) is 31.0 Å². The van der Waals surface area contributed by atoms with Crippen LogP contribution in [0, 0.1) is 5.82 Å². The third kappa shape index (κ3) is 2.53. The maximum Gasteiger partial charge on any atom is 0.240 e. The predicted octanol–water partition coefficient (Wildman–Crippen LogP) is 2.27. The molecule has 1 fully saturated rings. The molecule has 0 bridgehead atoms. The van der Waals surface area contributed by atoms with E-state index in [-0.39, 0.29) is 17.8 Å². The number of hydrogen-bond acceptors (Lipinski definition) is 2. The molecule has 2 rings (SSSR count). The van der Waals surface area contributed by atoms with Crippen LogP contribution in [-0.2, 0) is 4.79 Å². The zero-order valence-corrected chi connectivity index (χ0v) is 10.6. The SMILES string of the molecule is CC(NC(=O)C1(N)CCCC1)c1ccccc1F. The second-order valence-corrected chi connectivity index (χ2v) is 5.08. The van der Waals surface area contributed by atoms with Crippen molar-refractivity contribution in [2.24, 2.45) is 5.73 Å². The Labute approximate surface area is 107 Å². The molecular weight excluding hydrogens is 231 g/mol. The number of carbonyl (C=O) groups excluding carboxylic acids is 1. The molecule has 0 spiro atoms. The summed E-state index contributed by atoms with van der Waals surface area (Å²) in [7, 11) is 0. The number of carbonyl (C=O) groups is 1. The van der Waals surface area contributed by atoms with Crippen molar-refractivity contribution in [3.63, 3.8) is 0 Å². The van der Waals surface area contributed by atoms with E-state index in [4.69, 9.17) is 5.73 Å². The monoisotopic (exact) mass is 250 g/mol. The van der Waals surface area contributed by atoms with Gasteiger partial charge >= 0.3 is 0 Å². The summed E-state index contributed by atoms with van der Waals surface area (Å²) in [4.78, 5) is 12.1. The van der Waals surface area contributed by atoms with Crippen LogP contribution in [0.3, 0.4) is 0 Å². The van der Waals surface area contributed by atoms with Crippen molar-refractivity contribution >= 4 is 5.91 Å². The Morgan fingerprint density at radius 3 is 2.61 bits per heavy atom. The summed E-state index contributed by atoms with van der Waals surface area (Å²) in [5, 5.41) is 2.82. The molecule has 1 aromatic rings. The highest BCUT2D eigenvalue weighted by Gasteiger charge is 2.37. The number of benzene rings is 1. The van der Waals surface area contributed by atoms with Gasteiger partial charge < -0.3 is 11.1 Å². The summed E-state index contributed by atoms with van der Waals surface area (Å²) in [5.74, 6) is -0.474. The largest absolute Gasteiger partial charge is 0.348 e. The summed E-state index contributed by atoms with van der Waals surface area (Å²) >= 11 is 0. The average molecular weight is 250 g/mol. The highest BCUT2D eigenvalue weighted by Crippen LogP contribution is 2.28. The van der Waals surface area contributed by atoms with E-state index in [0.29, 0.717) is 18.4 Å². The van der Waals surface area contributed by atoms with Crippen LogP contribution in [0.4, 0.5) is 4.39 Å². The summed E-state index contributed by atoms with van der Waals surface area (Å²) in [6.45, 7) is 1.77. The van der Waals surface area contributed by atoms with Gasteiger partial charge in [-0.3, -0.25) is 4.79 Å². The summed E-state index contributed by atoms with van der Waals surface area (Å²) in [6.07, 6.45) is 3.39. The third-order valence-corrected chi connectivity index (χ3v) is 3.67. The van der Waals surface area contributed by atoms with Gasteiger partial charge in [-0.2, -0.15) is 0 Å². The lowest BCUT2D eigenvalue weighted by Gasteiger charge is -2.25. The number of nitrogens with one attached hydrogen (secondary N) is 1. The zero-order valence-electron chi connectivity index (χ0n) is 10.6. The molecular formula is C14H19FN2O. The molecule has 0 aromatic heterocycles. The van der Waals surface area contributed by atoms with Crippen LogP contribution >= 0.6 is 0 Å². The first-order chi connectivity index (χ1) is 8.53. The van der Waals surface area contributed by atoms with E-state index in [1.165, 1.54) is 6.07 Å². The van der Waals surface area contributed by atoms with E-state index in [2.05, 4.69) is 5.32 Å². The molecule has 1 amide bonds. The van der Waals surface area contributed by atoms with E-state index in [1.807, 2.05) is 0 Å². The minimum atomic E-state index is -0.764. The molecule has 1 aromatic carbocycles. The standard InChI is InChI=1S/C14H19FN2O/c1-10(11-6-2-3-7-12(11)15)17-13(18)14(16)8-4-5-9-14/h2-3,6-7,10H,4-5,8-9,16H2,1H3,(H,17,18). The molecule has 0 aliphatic heterocycles. The second kappa shape index (κ2) is 5.06. The van der Waals surface area contributed by atoms with E-state index in [1.54, 1.807) is 25.1 Å². The van der Waals surface area contributed by atoms with Crippen LogP contribution in [0.2, 0.25) is 0 Å². The molecule has 3 nitrogen and oxygen atoms in total. The van der Waals surface area contributed by atoms with Crippen LogP contribution in [0.25, 0.3) is 0 Å². The first-order valence-electron chi connectivity index (χ1n) is 6.37. The van der Waals surface area contributed by atoms with Crippen LogP contribution in [-0.4, -0.2) is 11.4 Å². The number of nitrogens with two attached hydrogens (primary N) is 1. The van der Waals surface area contributed by atoms with E-state index in [0.717, 1.165) is 12.8 Å². The van der Waals surface area contributed by atoms with Crippen LogP contribution < -0.4 is 11.1 Å². The molecule has 1 aliphatic carbocycles. The Kier molecular flexibility index (Phi) is 3.66. The quantitative estimate of drug-likeness (QED) is 0.864. The third-order valence-electron chi connectivity index (χ3n) is 3.67. The Morgan fingerprint density at radius 2 is 2.00 bits per heavy atom. The maximum atomic E-state index is 13.6. The highest BCUT2D eigenvalue weighted by molar-refractivity contribution is 5.86. The normalized spacial score (nSPS) is 19.5. The van der Waals surface area contributed by atoms with Gasteiger partial charge in [-0.15, -0.1) is 0 Å². The van der Waals surface area contributed by atoms with Crippen molar-refractivity contribution in [3.05, 3.63) is 35.6 Å². The van der Waals surface area contributed by atoms with Crippen molar-refractivity contribution < 1.29 is 9.18 Å². The maximum absolute atomic E-state index is 13.6. The lowest BCUT2D eigenvalue weighted by atomic mass is 9.97. The Bertz CT molecular complexity index is 441. The van der Waals surface area contributed by atoms with Gasteiger partial charge in [0.05, 0.1) is 11.6 Å². The summed E-state index contributed by atoms with van der Waals surface area (Å²) in [6, 6.07) is 6.10. The first-order valence-corrected chi connectivity index (χ1v) is 6.37. The number of rotatable bonds is 3. The topological polar surface area (TPSA) is 55.1 Å². The number of hydrogen-bond donors (Lipinski definition) is 2. The molecule has 0 heterocycles. The van der Waals surface area contributed by atoms with E-state index in [9.17, 15) is 9.18 Å². The molecule has 1 unspecified atom stereocenters. The highest BCUT2D eigenvalue weighted by atomic mass is 19.1.